The zero-order chi connectivity index (χ0) is 18.9. The Balaban J connectivity index is 1.79. The molecular formula is C20H20N2O4. The first-order chi connectivity index (χ1) is 12.5. The lowest BCUT2D eigenvalue weighted by atomic mass is 10.2. The van der Waals surface area contributed by atoms with Crippen LogP contribution in [0, 0.1) is 18.3 Å². The van der Waals surface area contributed by atoms with Crippen LogP contribution in [0.3, 0.4) is 0 Å². The van der Waals surface area contributed by atoms with Crippen molar-refractivity contribution in [3.63, 3.8) is 0 Å². The number of nitrogens with one attached hydrogen (secondary N) is 1. The fourth-order valence-electron chi connectivity index (χ4n) is 2.19. The molecule has 26 heavy (non-hydrogen) atoms. The Hall–Kier alpha value is -3.33. The second-order valence-electron chi connectivity index (χ2n) is 5.69. The Bertz CT molecular complexity index is 827. The second kappa shape index (κ2) is 9.23. The summed E-state index contributed by atoms with van der Waals surface area (Å²) < 4.78 is 10.6. The molecule has 1 N–H and O–H groups in total. The van der Waals surface area contributed by atoms with Gasteiger partial charge in [-0.15, -0.1) is 0 Å². The molecule has 0 aliphatic heterocycles. The summed E-state index contributed by atoms with van der Waals surface area (Å²) in [5, 5.41) is 11.6. The Labute approximate surface area is 152 Å². The van der Waals surface area contributed by atoms with Gasteiger partial charge in [0.25, 0.3) is 5.91 Å². The lowest BCUT2D eigenvalue weighted by molar-refractivity contribution is -0.153. The van der Waals surface area contributed by atoms with Crippen LogP contribution in [-0.4, -0.2) is 24.6 Å². The molecule has 0 fully saturated rings. The van der Waals surface area contributed by atoms with Crippen LogP contribution in [0.1, 0.15) is 24.5 Å². The van der Waals surface area contributed by atoms with Crippen LogP contribution in [0.4, 0.5) is 5.69 Å². The number of hydrogen-bond donors (Lipinski definition) is 1. The average molecular weight is 352 g/mol. The molecule has 0 bridgehead atoms. The molecule has 6 heteroatoms. The monoisotopic (exact) mass is 352 g/mol. The molecule has 134 valence electrons. The zero-order valence-electron chi connectivity index (χ0n) is 14.7. The van der Waals surface area contributed by atoms with Crippen molar-refractivity contribution >= 4 is 17.6 Å². The SMILES string of the molecule is Cc1cccc(OCCC(=O)O[C@H](C)C(=O)Nc2ccccc2C#N)c1. The van der Waals surface area contributed by atoms with E-state index in [-0.39, 0.29) is 13.0 Å². The molecular weight excluding hydrogens is 332 g/mol. The van der Waals surface area contributed by atoms with Gasteiger partial charge < -0.3 is 14.8 Å². The van der Waals surface area contributed by atoms with Crippen molar-refractivity contribution in [2.24, 2.45) is 0 Å². The molecule has 6 nitrogen and oxygen atoms in total. The first-order valence-corrected chi connectivity index (χ1v) is 8.18. The quantitative estimate of drug-likeness (QED) is 0.773. The van der Waals surface area contributed by atoms with Crippen molar-refractivity contribution in [1.29, 1.82) is 5.26 Å². The molecule has 0 heterocycles. The summed E-state index contributed by atoms with van der Waals surface area (Å²) in [4.78, 5) is 24.0. The highest BCUT2D eigenvalue weighted by molar-refractivity contribution is 5.96. The summed E-state index contributed by atoms with van der Waals surface area (Å²) in [5.41, 5.74) is 1.78. The van der Waals surface area contributed by atoms with Crippen LogP contribution < -0.4 is 10.1 Å². The molecule has 0 radical (unpaired) electrons. The molecule has 0 aliphatic rings. The number of nitriles is 1. The summed E-state index contributed by atoms with van der Waals surface area (Å²) in [7, 11) is 0. The topological polar surface area (TPSA) is 88.4 Å². The number of carbonyl (C=O) groups excluding carboxylic acids is 2. The number of rotatable bonds is 7. The Morgan fingerprint density at radius 1 is 1.19 bits per heavy atom. The lowest BCUT2D eigenvalue weighted by Crippen LogP contribution is -2.30. The van der Waals surface area contributed by atoms with Gasteiger partial charge in [0.1, 0.15) is 11.8 Å². The highest BCUT2D eigenvalue weighted by Gasteiger charge is 2.18. The fourth-order valence-corrected chi connectivity index (χ4v) is 2.19. The van der Waals surface area contributed by atoms with Crippen molar-refractivity contribution in [1.82, 2.24) is 0 Å². The summed E-state index contributed by atoms with van der Waals surface area (Å²) in [6, 6.07) is 16.1. The van der Waals surface area contributed by atoms with Crippen LogP contribution in [0.5, 0.6) is 5.75 Å². The molecule has 1 atom stereocenters. The largest absolute Gasteiger partial charge is 0.493 e. The molecule has 2 aromatic rings. The number of carbonyl (C=O) groups is 2. The van der Waals surface area contributed by atoms with Gasteiger partial charge >= 0.3 is 5.97 Å². The third kappa shape index (κ3) is 5.64. The molecule has 2 aromatic carbocycles. The minimum atomic E-state index is -0.979. The van der Waals surface area contributed by atoms with E-state index in [1.807, 2.05) is 31.2 Å². The summed E-state index contributed by atoms with van der Waals surface area (Å²) in [5.74, 6) is -0.355. The molecule has 0 unspecified atom stereocenters. The van der Waals surface area contributed by atoms with E-state index >= 15 is 0 Å². The number of aryl methyl sites for hydroxylation is 1. The lowest BCUT2D eigenvalue weighted by Gasteiger charge is -2.14. The molecule has 0 aliphatic carbocycles. The number of ether oxygens (including phenoxy) is 2. The van der Waals surface area contributed by atoms with Gasteiger partial charge in [-0.2, -0.15) is 5.26 Å². The predicted octanol–water partition coefficient (Wildman–Crippen LogP) is 3.21. The van der Waals surface area contributed by atoms with Crippen molar-refractivity contribution in [2.75, 3.05) is 11.9 Å². The van der Waals surface area contributed by atoms with Crippen LogP contribution in [0.25, 0.3) is 0 Å². The van der Waals surface area contributed by atoms with E-state index in [9.17, 15) is 9.59 Å². The van der Waals surface area contributed by atoms with Gasteiger partial charge in [0.05, 0.1) is 24.3 Å². The van der Waals surface area contributed by atoms with Gasteiger partial charge in [0.15, 0.2) is 6.10 Å². The van der Waals surface area contributed by atoms with E-state index in [0.717, 1.165) is 5.56 Å². The summed E-state index contributed by atoms with van der Waals surface area (Å²) in [6.07, 6.45) is -0.950. The molecule has 0 aromatic heterocycles. The number of esters is 1. The smallest absolute Gasteiger partial charge is 0.310 e. The molecule has 0 saturated heterocycles. The highest BCUT2D eigenvalue weighted by Crippen LogP contribution is 2.15. The standard InChI is InChI=1S/C20H20N2O4/c1-14-6-5-8-17(12-14)25-11-10-19(23)26-15(2)20(24)22-18-9-4-3-7-16(18)13-21/h3-9,12,15H,10-11H2,1-2H3,(H,22,24)/t15-/m1/s1. The maximum absolute atomic E-state index is 12.1. The molecule has 1 amide bonds. The van der Waals surface area contributed by atoms with Gasteiger partial charge in [-0.1, -0.05) is 24.3 Å². The first kappa shape index (κ1) is 19.0. The third-order valence-electron chi connectivity index (χ3n) is 3.55. The van der Waals surface area contributed by atoms with Crippen LogP contribution in [-0.2, 0) is 14.3 Å². The highest BCUT2D eigenvalue weighted by atomic mass is 16.5. The number of nitrogens with zero attached hydrogens (tertiary/aromatic N) is 1. The number of amides is 1. The van der Waals surface area contributed by atoms with Crippen LogP contribution >= 0.6 is 0 Å². The van der Waals surface area contributed by atoms with Gasteiger partial charge in [0.2, 0.25) is 0 Å². The minimum Gasteiger partial charge on any atom is -0.493 e. The van der Waals surface area contributed by atoms with E-state index in [0.29, 0.717) is 17.0 Å². The normalized spacial score (nSPS) is 11.1. The van der Waals surface area contributed by atoms with Crippen LogP contribution in [0.2, 0.25) is 0 Å². The average Bonchev–Trinajstić information content (AvgIpc) is 2.62. The van der Waals surface area contributed by atoms with E-state index in [2.05, 4.69) is 5.32 Å². The number of anilines is 1. The number of hydrogen-bond acceptors (Lipinski definition) is 5. The first-order valence-electron chi connectivity index (χ1n) is 8.18. The molecule has 2 rings (SSSR count). The number of benzene rings is 2. The molecule has 0 saturated carbocycles. The van der Waals surface area contributed by atoms with Crippen molar-refractivity contribution in [3.8, 4) is 11.8 Å². The van der Waals surface area contributed by atoms with Crippen molar-refractivity contribution < 1.29 is 19.1 Å². The number of para-hydroxylation sites is 1. The van der Waals surface area contributed by atoms with E-state index in [4.69, 9.17) is 14.7 Å². The van der Waals surface area contributed by atoms with E-state index < -0.39 is 18.0 Å². The van der Waals surface area contributed by atoms with Gasteiger partial charge in [0, 0.05) is 0 Å². The van der Waals surface area contributed by atoms with E-state index in [1.165, 1.54) is 6.92 Å². The van der Waals surface area contributed by atoms with Gasteiger partial charge in [-0.3, -0.25) is 9.59 Å². The molecule has 0 spiro atoms. The summed E-state index contributed by atoms with van der Waals surface area (Å²) >= 11 is 0. The van der Waals surface area contributed by atoms with Crippen LogP contribution in [0.15, 0.2) is 48.5 Å². The van der Waals surface area contributed by atoms with Crippen molar-refractivity contribution in [2.45, 2.75) is 26.4 Å². The van der Waals surface area contributed by atoms with Gasteiger partial charge in [-0.25, -0.2) is 0 Å². The third-order valence-corrected chi connectivity index (χ3v) is 3.55. The fraction of sp³-hybridized carbons (Fsp3) is 0.250. The summed E-state index contributed by atoms with van der Waals surface area (Å²) in [6.45, 7) is 3.59. The maximum atomic E-state index is 12.1. The Morgan fingerprint density at radius 3 is 2.69 bits per heavy atom. The van der Waals surface area contributed by atoms with Crippen molar-refractivity contribution in [3.05, 3.63) is 59.7 Å². The second-order valence-corrected chi connectivity index (χ2v) is 5.69. The Kier molecular flexibility index (Phi) is 6.75. The van der Waals surface area contributed by atoms with Gasteiger partial charge in [-0.05, 0) is 43.7 Å². The Morgan fingerprint density at radius 2 is 1.96 bits per heavy atom. The maximum Gasteiger partial charge on any atom is 0.310 e. The minimum absolute atomic E-state index is 0.0281. The zero-order valence-corrected chi connectivity index (χ0v) is 14.7. The van der Waals surface area contributed by atoms with E-state index in [1.54, 1.807) is 30.3 Å². The predicted molar refractivity (Wildman–Crippen MR) is 96.6 cm³/mol.